The highest BCUT2D eigenvalue weighted by molar-refractivity contribution is 5.25. The zero-order chi connectivity index (χ0) is 14.8. The van der Waals surface area contributed by atoms with Crippen molar-refractivity contribution in [3.05, 3.63) is 35.1 Å². The van der Waals surface area contributed by atoms with Crippen LogP contribution < -0.4 is 5.73 Å². The molecule has 2 fully saturated rings. The van der Waals surface area contributed by atoms with E-state index in [0.29, 0.717) is 17.6 Å². The number of rotatable bonds is 3. The molecule has 0 aliphatic carbocycles. The van der Waals surface area contributed by atoms with Crippen LogP contribution in [0.1, 0.15) is 37.3 Å². The van der Waals surface area contributed by atoms with Crippen molar-refractivity contribution in [1.82, 2.24) is 9.80 Å². The van der Waals surface area contributed by atoms with Crippen LogP contribution >= 0.6 is 0 Å². The van der Waals surface area contributed by atoms with Gasteiger partial charge in [-0.3, -0.25) is 9.80 Å². The fourth-order valence-corrected chi connectivity index (χ4v) is 3.75. The van der Waals surface area contributed by atoms with Crippen molar-refractivity contribution in [2.45, 2.75) is 51.4 Å². The third-order valence-corrected chi connectivity index (χ3v) is 5.03. The minimum Gasteiger partial charge on any atom is -0.326 e. The van der Waals surface area contributed by atoms with Crippen molar-refractivity contribution in [2.24, 2.45) is 5.73 Å². The molecule has 116 valence electrons. The molecule has 0 bridgehead atoms. The van der Waals surface area contributed by atoms with Gasteiger partial charge in [0.2, 0.25) is 0 Å². The Balaban J connectivity index is 1.69. The summed E-state index contributed by atoms with van der Waals surface area (Å²) in [4.78, 5) is 5.20. The molecule has 1 aromatic carbocycles. The second kappa shape index (κ2) is 6.42. The van der Waals surface area contributed by atoms with Crippen LogP contribution in [0.2, 0.25) is 0 Å². The van der Waals surface area contributed by atoms with Gasteiger partial charge in [-0.1, -0.05) is 18.6 Å². The van der Waals surface area contributed by atoms with Gasteiger partial charge in [0.15, 0.2) is 0 Å². The zero-order valence-electron chi connectivity index (χ0n) is 12.9. The van der Waals surface area contributed by atoms with E-state index >= 15 is 0 Å². The third-order valence-electron chi connectivity index (χ3n) is 5.03. The maximum absolute atomic E-state index is 13.5. The van der Waals surface area contributed by atoms with Gasteiger partial charge in [0, 0.05) is 43.8 Å². The van der Waals surface area contributed by atoms with Gasteiger partial charge in [0.25, 0.3) is 0 Å². The number of benzene rings is 1. The van der Waals surface area contributed by atoms with Crippen LogP contribution in [0.25, 0.3) is 0 Å². The van der Waals surface area contributed by atoms with Gasteiger partial charge < -0.3 is 5.73 Å². The Morgan fingerprint density at radius 2 is 2.14 bits per heavy atom. The van der Waals surface area contributed by atoms with Gasteiger partial charge in [-0.15, -0.1) is 0 Å². The highest BCUT2D eigenvalue weighted by Gasteiger charge is 2.32. The van der Waals surface area contributed by atoms with E-state index in [2.05, 4.69) is 16.7 Å². The Hall–Kier alpha value is -0.970. The molecule has 2 N–H and O–H groups in total. The normalized spacial score (nSPS) is 27.6. The molecule has 2 heterocycles. The van der Waals surface area contributed by atoms with E-state index < -0.39 is 0 Å². The summed E-state index contributed by atoms with van der Waals surface area (Å²) in [5.74, 6) is -0.189. The molecule has 0 radical (unpaired) electrons. The molecular weight excluding hydrogens is 265 g/mol. The van der Waals surface area contributed by atoms with Crippen LogP contribution in [0.15, 0.2) is 18.2 Å². The topological polar surface area (TPSA) is 32.5 Å². The number of piperazine rings is 1. The van der Waals surface area contributed by atoms with Gasteiger partial charge in [-0.2, -0.15) is 0 Å². The average Bonchev–Trinajstić information content (AvgIpc) is 2.50. The maximum atomic E-state index is 13.5. The number of halogens is 1. The summed E-state index contributed by atoms with van der Waals surface area (Å²) in [5, 5.41) is 0. The lowest BCUT2D eigenvalue weighted by Gasteiger charge is -2.47. The molecule has 4 heteroatoms. The lowest BCUT2D eigenvalue weighted by atomic mass is 9.96. The predicted molar refractivity (Wildman–Crippen MR) is 83.4 cm³/mol. The molecule has 1 aromatic rings. The van der Waals surface area contributed by atoms with Crippen molar-refractivity contribution in [1.29, 1.82) is 0 Å². The molecule has 21 heavy (non-hydrogen) atoms. The largest absolute Gasteiger partial charge is 0.326 e. The third kappa shape index (κ3) is 3.28. The predicted octanol–water partition coefficient (Wildman–Crippen LogP) is 2.34. The van der Waals surface area contributed by atoms with Gasteiger partial charge in [0.1, 0.15) is 5.82 Å². The molecule has 2 unspecified atom stereocenters. The molecule has 2 atom stereocenters. The molecular formula is C17H26FN3. The second-order valence-electron chi connectivity index (χ2n) is 6.55. The van der Waals surface area contributed by atoms with Gasteiger partial charge in [-0.25, -0.2) is 4.39 Å². The number of hydrogen-bond acceptors (Lipinski definition) is 3. The van der Waals surface area contributed by atoms with Crippen LogP contribution in [0, 0.1) is 5.82 Å². The van der Waals surface area contributed by atoms with E-state index in [0.717, 1.165) is 19.6 Å². The zero-order valence-corrected chi connectivity index (χ0v) is 12.9. The Kier molecular flexibility index (Phi) is 4.57. The number of fused-ring (bicyclic) bond motifs is 1. The first-order chi connectivity index (χ1) is 10.2. The van der Waals surface area contributed by atoms with Crippen molar-refractivity contribution < 1.29 is 4.39 Å². The van der Waals surface area contributed by atoms with Crippen molar-refractivity contribution in [2.75, 3.05) is 19.6 Å². The van der Waals surface area contributed by atoms with Crippen LogP contribution in [0.4, 0.5) is 4.39 Å². The Labute approximate surface area is 126 Å². The van der Waals surface area contributed by atoms with Crippen LogP contribution in [0.5, 0.6) is 0 Å². The number of piperidine rings is 1. The van der Waals surface area contributed by atoms with E-state index in [-0.39, 0.29) is 12.4 Å². The number of hydrogen-bond donors (Lipinski definition) is 1. The van der Waals surface area contributed by atoms with Crippen molar-refractivity contribution in [3.8, 4) is 0 Å². The second-order valence-corrected chi connectivity index (χ2v) is 6.55. The summed E-state index contributed by atoms with van der Waals surface area (Å²) in [6.07, 6.45) is 4.03. The van der Waals surface area contributed by atoms with E-state index in [1.165, 1.54) is 31.4 Å². The van der Waals surface area contributed by atoms with Gasteiger partial charge >= 0.3 is 0 Å². The van der Waals surface area contributed by atoms with E-state index in [9.17, 15) is 4.39 Å². The Morgan fingerprint density at radius 3 is 2.95 bits per heavy atom. The highest BCUT2D eigenvalue weighted by atomic mass is 19.1. The summed E-state index contributed by atoms with van der Waals surface area (Å²) in [6, 6.07) is 6.65. The SMILES string of the molecule is CC1CN2CCCCC2CN1Cc1ccc(F)c(CN)c1. The van der Waals surface area contributed by atoms with Crippen LogP contribution in [-0.4, -0.2) is 41.5 Å². The lowest BCUT2D eigenvalue weighted by molar-refractivity contribution is 0.0111. The number of nitrogens with zero attached hydrogens (tertiary/aromatic N) is 2. The standard InChI is InChI=1S/C17H26FN3/c1-13-10-20-7-3-2-4-16(20)12-21(13)11-14-5-6-17(18)15(8-14)9-19/h5-6,8,13,16H,2-4,7,9-12,19H2,1H3. The van der Waals surface area contributed by atoms with Crippen LogP contribution in [-0.2, 0) is 13.1 Å². The summed E-state index contributed by atoms with van der Waals surface area (Å²) in [7, 11) is 0. The lowest BCUT2D eigenvalue weighted by Crippen LogP contribution is -2.58. The quantitative estimate of drug-likeness (QED) is 0.928. The molecule has 2 aliphatic rings. The fourth-order valence-electron chi connectivity index (χ4n) is 3.75. The Bertz CT molecular complexity index is 491. The summed E-state index contributed by atoms with van der Waals surface area (Å²) >= 11 is 0. The van der Waals surface area contributed by atoms with E-state index in [1.807, 2.05) is 12.1 Å². The minimum atomic E-state index is -0.189. The van der Waals surface area contributed by atoms with Gasteiger partial charge in [0.05, 0.1) is 0 Å². The molecule has 0 aromatic heterocycles. The molecule has 2 aliphatic heterocycles. The average molecular weight is 291 g/mol. The smallest absolute Gasteiger partial charge is 0.127 e. The molecule has 0 saturated carbocycles. The fraction of sp³-hybridized carbons (Fsp3) is 0.647. The summed E-state index contributed by atoms with van der Waals surface area (Å²) < 4.78 is 13.5. The van der Waals surface area contributed by atoms with E-state index in [1.54, 1.807) is 6.07 Å². The van der Waals surface area contributed by atoms with Crippen molar-refractivity contribution in [3.63, 3.8) is 0 Å². The summed E-state index contributed by atoms with van der Waals surface area (Å²) in [5.41, 5.74) is 7.40. The van der Waals surface area contributed by atoms with Crippen LogP contribution in [0.3, 0.4) is 0 Å². The molecule has 0 spiro atoms. The molecule has 3 rings (SSSR count). The van der Waals surface area contributed by atoms with Gasteiger partial charge in [-0.05, 0) is 37.9 Å². The monoisotopic (exact) mass is 291 g/mol. The summed E-state index contributed by atoms with van der Waals surface area (Å²) in [6.45, 7) is 7.03. The Morgan fingerprint density at radius 1 is 1.29 bits per heavy atom. The van der Waals surface area contributed by atoms with E-state index in [4.69, 9.17) is 5.73 Å². The molecule has 2 saturated heterocycles. The minimum absolute atomic E-state index is 0.189. The maximum Gasteiger partial charge on any atom is 0.127 e. The molecule has 3 nitrogen and oxygen atoms in total. The molecule has 0 amide bonds. The first kappa shape index (κ1) is 14.9. The first-order valence-corrected chi connectivity index (χ1v) is 8.13. The highest BCUT2D eigenvalue weighted by Crippen LogP contribution is 2.25. The number of nitrogens with two attached hydrogens (primary N) is 1. The van der Waals surface area contributed by atoms with Crippen molar-refractivity contribution >= 4 is 0 Å². The first-order valence-electron chi connectivity index (χ1n) is 8.13.